The zero-order valence-corrected chi connectivity index (χ0v) is 18.2. The van der Waals surface area contributed by atoms with Gasteiger partial charge in [0.15, 0.2) is 17.3 Å². The maximum absolute atomic E-state index is 13.0. The summed E-state index contributed by atoms with van der Waals surface area (Å²) < 4.78 is 55.7. The van der Waals surface area contributed by atoms with Gasteiger partial charge in [0.25, 0.3) is 0 Å². The molecule has 1 heterocycles. The molecule has 0 saturated carbocycles. The molecule has 1 unspecified atom stereocenters. The van der Waals surface area contributed by atoms with Crippen molar-refractivity contribution < 1.29 is 32.2 Å². The fraction of sp³-hybridized carbons (Fsp3) is 0.280. The minimum atomic E-state index is -4.45. The van der Waals surface area contributed by atoms with Crippen molar-refractivity contribution in [1.29, 1.82) is 5.26 Å². The molecule has 0 aromatic heterocycles. The smallest absolute Gasteiger partial charge is 0.416 e. The molecule has 1 aliphatic heterocycles. The molecule has 1 aliphatic carbocycles. The number of benzene rings is 2. The van der Waals surface area contributed by atoms with Crippen LogP contribution in [0.5, 0.6) is 11.5 Å². The molecule has 9 heteroatoms. The predicted molar refractivity (Wildman–Crippen MR) is 115 cm³/mol. The van der Waals surface area contributed by atoms with Gasteiger partial charge in [0.1, 0.15) is 24.0 Å². The number of ether oxygens (including phenoxy) is 3. The number of rotatable bonds is 5. The lowest BCUT2D eigenvalue weighted by Crippen LogP contribution is -2.27. The SMILES string of the molecule is COc1cc(C2C(C#N)=C(N)OC3=C2C(=O)CCC3)ccc1OCc1cccc(C(F)(F)F)c1. The summed E-state index contributed by atoms with van der Waals surface area (Å²) in [5.74, 6) is 0.238. The van der Waals surface area contributed by atoms with Crippen LogP contribution >= 0.6 is 0 Å². The largest absolute Gasteiger partial charge is 0.493 e. The van der Waals surface area contributed by atoms with E-state index < -0.39 is 17.7 Å². The van der Waals surface area contributed by atoms with Crippen molar-refractivity contribution in [2.24, 2.45) is 5.73 Å². The summed E-state index contributed by atoms with van der Waals surface area (Å²) in [7, 11) is 1.42. The molecule has 1 atom stereocenters. The summed E-state index contributed by atoms with van der Waals surface area (Å²) in [6, 6.07) is 11.8. The minimum Gasteiger partial charge on any atom is -0.493 e. The molecule has 34 heavy (non-hydrogen) atoms. The van der Waals surface area contributed by atoms with Gasteiger partial charge in [-0.1, -0.05) is 18.2 Å². The van der Waals surface area contributed by atoms with Crippen LogP contribution in [0.4, 0.5) is 13.2 Å². The Bertz CT molecular complexity index is 1240. The normalized spacial score (nSPS) is 18.2. The van der Waals surface area contributed by atoms with Gasteiger partial charge in [-0.2, -0.15) is 18.4 Å². The van der Waals surface area contributed by atoms with Gasteiger partial charge in [-0.05, 0) is 41.8 Å². The predicted octanol–water partition coefficient (Wildman–Crippen LogP) is 5.11. The van der Waals surface area contributed by atoms with Crippen molar-refractivity contribution in [2.45, 2.75) is 38.0 Å². The van der Waals surface area contributed by atoms with Gasteiger partial charge in [0, 0.05) is 18.4 Å². The standard InChI is InChI=1S/C25H21F3N2O4/c1-32-21-11-15(22-17(12-29)24(30)34-20-7-3-6-18(31)23(20)22)8-9-19(21)33-13-14-4-2-5-16(10-14)25(26,27)28/h2,4-5,8-11,22H,3,6-7,13,30H2,1H3. The summed E-state index contributed by atoms with van der Waals surface area (Å²) >= 11 is 0. The Morgan fingerprint density at radius 2 is 1.97 bits per heavy atom. The van der Waals surface area contributed by atoms with E-state index in [4.69, 9.17) is 19.9 Å². The van der Waals surface area contributed by atoms with Gasteiger partial charge in [0.2, 0.25) is 5.88 Å². The first kappa shape index (κ1) is 23.2. The molecule has 0 radical (unpaired) electrons. The van der Waals surface area contributed by atoms with E-state index in [1.807, 2.05) is 0 Å². The Kier molecular flexibility index (Phi) is 6.24. The van der Waals surface area contributed by atoms with E-state index in [1.54, 1.807) is 18.2 Å². The van der Waals surface area contributed by atoms with Crippen LogP contribution in [0.1, 0.15) is 41.9 Å². The molecule has 0 fully saturated rings. The van der Waals surface area contributed by atoms with E-state index in [2.05, 4.69) is 6.07 Å². The van der Waals surface area contributed by atoms with Crippen molar-refractivity contribution in [1.82, 2.24) is 0 Å². The Hall–Kier alpha value is -3.93. The molecule has 0 amide bonds. The minimum absolute atomic E-state index is 0.0372. The Morgan fingerprint density at radius 3 is 2.68 bits per heavy atom. The number of allylic oxidation sites excluding steroid dienone is 3. The molecule has 6 nitrogen and oxygen atoms in total. The average Bonchev–Trinajstić information content (AvgIpc) is 2.81. The van der Waals surface area contributed by atoms with Crippen molar-refractivity contribution in [3.63, 3.8) is 0 Å². The number of alkyl halides is 3. The second kappa shape index (κ2) is 9.14. The molecule has 0 saturated heterocycles. The number of nitrogens with zero attached hydrogens (tertiary/aromatic N) is 1. The molecule has 2 aromatic carbocycles. The van der Waals surface area contributed by atoms with Gasteiger partial charge < -0.3 is 19.9 Å². The maximum atomic E-state index is 13.0. The maximum Gasteiger partial charge on any atom is 0.416 e. The molecular formula is C25H21F3N2O4. The summed E-state index contributed by atoms with van der Waals surface area (Å²) in [6.07, 6.45) is -2.90. The lowest BCUT2D eigenvalue weighted by Gasteiger charge is -2.31. The summed E-state index contributed by atoms with van der Waals surface area (Å²) in [5.41, 5.74) is 6.70. The number of ketones is 1. The Morgan fingerprint density at radius 1 is 1.18 bits per heavy atom. The molecule has 4 rings (SSSR count). The first-order valence-electron chi connectivity index (χ1n) is 10.5. The third kappa shape index (κ3) is 4.44. The van der Waals surface area contributed by atoms with Gasteiger partial charge >= 0.3 is 6.18 Å². The van der Waals surface area contributed by atoms with Crippen LogP contribution in [-0.2, 0) is 22.3 Å². The monoisotopic (exact) mass is 470 g/mol. The van der Waals surface area contributed by atoms with Crippen LogP contribution < -0.4 is 15.2 Å². The number of nitriles is 1. The van der Waals surface area contributed by atoms with Crippen molar-refractivity contribution in [2.75, 3.05) is 7.11 Å². The number of methoxy groups -OCH3 is 1. The summed E-state index contributed by atoms with van der Waals surface area (Å²) in [5, 5.41) is 9.70. The highest BCUT2D eigenvalue weighted by Gasteiger charge is 2.38. The van der Waals surface area contributed by atoms with Crippen molar-refractivity contribution in [3.8, 4) is 17.6 Å². The topological polar surface area (TPSA) is 94.6 Å². The van der Waals surface area contributed by atoms with E-state index in [-0.39, 0.29) is 23.8 Å². The lowest BCUT2D eigenvalue weighted by molar-refractivity contribution is -0.137. The van der Waals surface area contributed by atoms with Crippen LogP contribution in [0.25, 0.3) is 0 Å². The number of carbonyl (C=O) groups excluding carboxylic acids is 1. The molecule has 0 spiro atoms. The van der Waals surface area contributed by atoms with Gasteiger partial charge in [-0.25, -0.2) is 0 Å². The second-order valence-corrected chi connectivity index (χ2v) is 7.94. The lowest BCUT2D eigenvalue weighted by atomic mass is 9.77. The van der Waals surface area contributed by atoms with E-state index in [1.165, 1.54) is 19.2 Å². The van der Waals surface area contributed by atoms with Crippen LogP contribution in [0.2, 0.25) is 0 Å². The zero-order chi connectivity index (χ0) is 24.5. The van der Waals surface area contributed by atoms with E-state index in [0.29, 0.717) is 53.2 Å². The zero-order valence-electron chi connectivity index (χ0n) is 18.2. The molecule has 0 bridgehead atoms. The van der Waals surface area contributed by atoms with Crippen molar-refractivity contribution >= 4 is 5.78 Å². The van der Waals surface area contributed by atoms with Gasteiger partial charge in [-0.3, -0.25) is 4.79 Å². The molecule has 2 N–H and O–H groups in total. The number of carbonyl (C=O) groups is 1. The Balaban J connectivity index is 1.64. The third-order valence-electron chi connectivity index (χ3n) is 5.77. The highest BCUT2D eigenvalue weighted by molar-refractivity contribution is 5.99. The fourth-order valence-corrected chi connectivity index (χ4v) is 4.17. The van der Waals surface area contributed by atoms with Gasteiger partial charge in [0.05, 0.1) is 18.6 Å². The number of halogens is 3. The average molecular weight is 470 g/mol. The van der Waals surface area contributed by atoms with Crippen molar-refractivity contribution in [3.05, 3.63) is 81.9 Å². The van der Waals surface area contributed by atoms with E-state index in [0.717, 1.165) is 12.1 Å². The number of hydrogen-bond acceptors (Lipinski definition) is 6. The number of Topliss-reactive ketones (excluding diaryl/α,β-unsaturated/α-hetero) is 1. The van der Waals surface area contributed by atoms with Crippen LogP contribution in [0.3, 0.4) is 0 Å². The first-order chi connectivity index (χ1) is 16.2. The van der Waals surface area contributed by atoms with E-state index in [9.17, 15) is 23.2 Å². The van der Waals surface area contributed by atoms with Crippen LogP contribution in [-0.4, -0.2) is 12.9 Å². The third-order valence-corrected chi connectivity index (χ3v) is 5.77. The van der Waals surface area contributed by atoms with Crippen LogP contribution in [0.15, 0.2) is 65.3 Å². The number of nitrogens with two attached hydrogens (primary N) is 1. The highest BCUT2D eigenvalue weighted by Crippen LogP contribution is 2.45. The second-order valence-electron chi connectivity index (χ2n) is 7.94. The summed E-state index contributed by atoms with van der Waals surface area (Å²) in [6.45, 7) is -0.110. The Labute approximate surface area is 194 Å². The fourth-order valence-electron chi connectivity index (χ4n) is 4.17. The number of hydrogen-bond donors (Lipinski definition) is 1. The molecular weight excluding hydrogens is 449 g/mol. The molecule has 2 aromatic rings. The van der Waals surface area contributed by atoms with E-state index >= 15 is 0 Å². The summed E-state index contributed by atoms with van der Waals surface area (Å²) in [4.78, 5) is 12.7. The van der Waals surface area contributed by atoms with Gasteiger partial charge in [-0.15, -0.1) is 0 Å². The highest BCUT2D eigenvalue weighted by atomic mass is 19.4. The molecule has 2 aliphatic rings. The van der Waals surface area contributed by atoms with Crippen LogP contribution in [0, 0.1) is 11.3 Å². The molecule has 176 valence electrons. The quantitative estimate of drug-likeness (QED) is 0.653. The first-order valence-corrected chi connectivity index (χ1v) is 10.5.